The summed E-state index contributed by atoms with van der Waals surface area (Å²) in [5, 5.41) is 6.77. The lowest BCUT2D eigenvalue weighted by Gasteiger charge is -2.09. The minimum absolute atomic E-state index is 0.0907. The van der Waals surface area contributed by atoms with Crippen LogP contribution in [0.4, 0.5) is 0 Å². The van der Waals surface area contributed by atoms with Crippen LogP contribution in [0.1, 0.15) is 17.9 Å². The molecule has 3 aromatic rings. The van der Waals surface area contributed by atoms with Crippen LogP contribution in [0.3, 0.4) is 0 Å². The Morgan fingerprint density at radius 1 is 1.24 bits per heavy atom. The highest BCUT2D eigenvalue weighted by atomic mass is 16.5. The third-order valence-electron chi connectivity index (χ3n) is 3.62. The van der Waals surface area contributed by atoms with Gasteiger partial charge in [-0.3, -0.25) is 9.78 Å². The predicted octanol–water partition coefficient (Wildman–Crippen LogP) is 2.39. The zero-order valence-corrected chi connectivity index (χ0v) is 13.8. The standard InChI is InChI=1S/C18H18N4O3/c1-24-15-7-3-2-5-13(15)12-20-16(23)8-9-17-21-18(22-25-17)14-6-4-10-19-11-14/h2-7,10-11H,8-9,12H2,1H3,(H,20,23). The Kier molecular flexibility index (Phi) is 5.36. The summed E-state index contributed by atoms with van der Waals surface area (Å²) < 4.78 is 10.4. The minimum Gasteiger partial charge on any atom is -0.496 e. The molecule has 1 aromatic carbocycles. The molecule has 0 unspecified atom stereocenters. The van der Waals surface area contributed by atoms with Crippen LogP contribution in [0, 0.1) is 0 Å². The predicted molar refractivity (Wildman–Crippen MR) is 90.7 cm³/mol. The van der Waals surface area contributed by atoms with Crippen molar-refractivity contribution in [2.75, 3.05) is 7.11 Å². The van der Waals surface area contributed by atoms with Gasteiger partial charge in [0.05, 0.1) is 7.11 Å². The number of amides is 1. The maximum Gasteiger partial charge on any atom is 0.227 e. The fourth-order valence-electron chi connectivity index (χ4n) is 2.32. The monoisotopic (exact) mass is 338 g/mol. The molecular formula is C18H18N4O3. The maximum atomic E-state index is 12.0. The van der Waals surface area contributed by atoms with E-state index in [1.807, 2.05) is 30.3 Å². The third-order valence-corrected chi connectivity index (χ3v) is 3.62. The zero-order chi connectivity index (χ0) is 17.5. The van der Waals surface area contributed by atoms with E-state index in [0.717, 1.165) is 16.9 Å². The van der Waals surface area contributed by atoms with Gasteiger partial charge < -0.3 is 14.6 Å². The summed E-state index contributed by atoms with van der Waals surface area (Å²) in [7, 11) is 1.61. The maximum absolute atomic E-state index is 12.0. The number of aromatic nitrogens is 3. The molecule has 128 valence electrons. The number of nitrogens with zero attached hydrogens (tertiary/aromatic N) is 3. The number of rotatable bonds is 7. The topological polar surface area (TPSA) is 90.1 Å². The molecule has 3 rings (SSSR count). The van der Waals surface area contributed by atoms with Crippen LogP contribution in [-0.4, -0.2) is 28.1 Å². The van der Waals surface area contributed by atoms with Crippen LogP contribution >= 0.6 is 0 Å². The smallest absolute Gasteiger partial charge is 0.227 e. The summed E-state index contributed by atoms with van der Waals surface area (Å²) in [6.07, 6.45) is 3.99. The fraction of sp³-hybridized carbons (Fsp3) is 0.222. The van der Waals surface area contributed by atoms with Gasteiger partial charge in [-0.2, -0.15) is 4.98 Å². The lowest BCUT2D eigenvalue weighted by molar-refractivity contribution is -0.121. The SMILES string of the molecule is COc1ccccc1CNC(=O)CCc1nc(-c2cccnc2)no1. The number of carbonyl (C=O) groups excluding carboxylic acids is 1. The van der Waals surface area contributed by atoms with Crippen molar-refractivity contribution in [3.8, 4) is 17.1 Å². The van der Waals surface area contributed by atoms with E-state index in [4.69, 9.17) is 9.26 Å². The minimum atomic E-state index is -0.0907. The Morgan fingerprint density at radius 2 is 2.12 bits per heavy atom. The Labute approximate surface area is 145 Å². The molecule has 0 atom stereocenters. The number of carbonyl (C=O) groups is 1. The highest BCUT2D eigenvalue weighted by Gasteiger charge is 2.11. The Morgan fingerprint density at radius 3 is 2.92 bits per heavy atom. The molecule has 0 saturated carbocycles. The number of para-hydroxylation sites is 1. The molecule has 7 nitrogen and oxygen atoms in total. The number of aryl methyl sites for hydroxylation is 1. The van der Waals surface area contributed by atoms with E-state index >= 15 is 0 Å². The quantitative estimate of drug-likeness (QED) is 0.711. The van der Waals surface area contributed by atoms with Crippen molar-refractivity contribution in [3.63, 3.8) is 0 Å². The molecule has 0 fully saturated rings. The van der Waals surface area contributed by atoms with Crippen LogP contribution in [0.2, 0.25) is 0 Å². The summed E-state index contributed by atoms with van der Waals surface area (Å²) in [4.78, 5) is 20.3. The number of nitrogens with one attached hydrogen (secondary N) is 1. The van der Waals surface area contributed by atoms with Crippen molar-refractivity contribution in [2.24, 2.45) is 0 Å². The van der Waals surface area contributed by atoms with Gasteiger partial charge >= 0.3 is 0 Å². The van der Waals surface area contributed by atoms with Crippen LogP contribution < -0.4 is 10.1 Å². The van der Waals surface area contributed by atoms with Crippen molar-refractivity contribution in [1.29, 1.82) is 0 Å². The van der Waals surface area contributed by atoms with E-state index < -0.39 is 0 Å². The van der Waals surface area contributed by atoms with Gasteiger partial charge in [-0.05, 0) is 18.2 Å². The highest BCUT2D eigenvalue weighted by Crippen LogP contribution is 2.17. The van der Waals surface area contributed by atoms with Gasteiger partial charge in [0.25, 0.3) is 0 Å². The van der Waals surface area contributed by atoms with E-state index in [-0.39, 0.29) is 12.3 Å². The number of hydrogen-bond donors (Lipinski definition) is 1. The first-order chi connectivity index (χ1) is 12.3. The summed E-state index contributed by atoms with van der Waals surface area (Å²) >= 11 is 0. The number of benzene rings is 1. The van der Waals surface area contributed by atoms with Crippen molar-refractivity contribution in [2.45, 2.75) is 19.4 Å². The molecule has 0 aliphatic rings. The van der Waals surface area contributed by atoms with Crippen molar-refractivity contribution < 1.29 is 14.1 Å². The first-order valence-corrected chi connectivity index (χ1v) is 7.88. The Balaban J connectivity index is 1.50. The van der Waals surface area contributed by atoms with Gasteiger partial charge in [0.15, 0.2) is 0 Å². The second-order valence-electron chi connectivity index (χ2n) is 5.34. The molecular weight excluding hydrogens is 320 g/mol. The van der Waals surface area contributed by atoms with Crippen LogP contribution in [-0.2, 0) is 17.8 Å². The molecule has 0 bridgehead atoms. The molecule has 0 aliphatic carbocycles. The van der Waals surface area contributed by atoms with Crippen LogP contribution in [0.5, 0.6) is 5.75 Å². The molecule has 1 amide bonds. The summed E-state index contributed by atoms with van der Waals surface area (Å²) in [5.41, 5.74) is 1.70. The fourth-order valence-corrected chi connectivity index (χ4v) is 2.32. The first-order valence-electron chi connectivity index (χ1n) is 7.88. The average Bonchev–Trinajstić information content (AvgIpc) is 3.14. The molecule has 2 aromatic heterocycles. The molecule has 0 aliphatic heterocycles. The number of hydrogen-bond acceptors (Lipinski definition) is 6. The van der Waals surface area contributed by atoms with Gasteiger partial charge in [-0.1, -0.05) is 23.4 Å². The molecule has 0 saturated heterocycles. The Bertz CT molecular complexity index is 833. The van der Waals surface area contributed by atoms with Gasteiger partial charge in [-0.25, -0.2) is 0 Å². The highest BCUT2D eigenvalue weighted by molar-refractivity contribution is 5.76. The molecule has 7 heteroatoms. The van der Waals surface area contributed by atoms with E-state index in [1.54, 1.807) is 25.6 Å². The molecule has 1 N–H and O–H groups in total. The second-order valence-corrected chi connectivity index (χ2v) is 5.34. The zero-order valence-electron chi connectivity index (χ0n) is 13.8. The van der Waals surface area contributed by atoms with Crippen molar-refractivity contribution in [3.05, 3.63) is 60.2 Å². The lowest BCUT2D eigenvalue weighted by Crippen LogP contribution is -2.23. The van der Waals surface area contributed by atoms with Crippen LogP contribution in [0.25, 0.3) is 11.4 Å². The van der Waals surface area contributed by atoms with E-state index in [9.17, 15) is 4.79 Å². The second kappa shape index (κ2) is 8.05. The first kappa shape index (κ1) is 16.6. The largest absolute Gasteiger partial charge is 0.496 e. The summed E-state index contributed by atoms with van der Waals surface area (Å²) in [6, 6.07) is 11.2. The number of pyridine rings is 1. The normalized spacial score (nSPS) is 10.4. The molecule has 25 heavy (non-hydrogen) atoms. The third kappa shape index (κ3) is 4.41. The van der Waals surface area contributed by atoms with Gasteiger partial charge in [0.2, 0.25) is 17.6 Å². The lowest BCUT2D eigenvalue weighted by atomic mass is 10.2. The van der Waals surface area contributed by atoms with Gasteiger partial charge in [0, 0.05) is 42.9 Å². The van der Waals surface area contributed by atoms with Gasteiger partial charge in [0.1, 0.15) is 5.75 Å². The van der Waals surface area contributed by atoms with Crippen LogP contribution in [0.15, 0.2) is 53.3 Å². The Hall–Kier alpha value is -3.22. The molecule has 0 radical (unpaired) electrons. The molecule has 0 spiro atoms. The van der Waals surface area contributed by atoms with Crippen molar-refractivity contribution in [1.82, 2.24) is 20.4 Å². The summed E-state index contributed by atoms with van der Waals surface area (Å²) in [5.74, 6) is 1.55. The van der Waals surface area contributed by atoms with E-state index in [2.05, 4.69) is 20.4 Å². The summed E-state index contributed by atoms with van der Waals surface area (Å²) in [6.45, 7) is 0.410. The average molecular weight is 338 g/mol. The van der Waals surface area contributed by atoms with Gasteiger partial charge in [-0.15, -0.1) is 0 Å². The number of ether oxygens (including phenoxy) is 1. The number of methoxy groups -OCH3 is 1. The van der Waals surface area contributed by atoms with E-state index in [0.29, 0.717) is 24.7 Å². The van der Waals surface area contributed by atoms with E-state index in [1.165, 1.54) is 0 Å². The van der Waals surface area contributed by atoms with Crippen molar-refractivity contribution >= 4 is 5.91 Å². The molecule has 2 heterocycles.